The van der Waals surface area contributed by atoms with Crippen molar-refractivity contribution in [1.82, 2.24) is 10.1 Å². The van der Waals surface area contributed by atoms with Crippen LogP contribution in [0.1, 0.15) is 85.7 Å². The van der Waals surface area contributed by atoms with E-state index in [1.54, 1.807) is 12.1 Å². The fraction of sp³-hybridized carbons (Fsp3) is 0.469. The molecule has 3 aliphatic carbocycles. The van der Waals surface area contributed by atoms with Crippen LogP contribution in [0.3, 0.4) is 0 Å². The number of nitrogens with zero attached hydrogens (tertiary/aromatic N) is 2. The molecule has 2 aromatic heterocycles. The molecule has 0 radical (unpaired) electrons. The molecule has 0 atom stereocenters. The molecule has 3 aromatic rings. The normalized spacial score (nSPS) is 23.7. The van der Waals surface area contributed by atoms with Crippen molar-refractivity contribution < 1.29 is 32.0 Å². The molecule has 3 fully saturated rings. The average molecular weight is 582 g/mol. The molecular formula is C32H34F3N3O4. The molecule has 222 valence electrons. The maximum absolute atomic E-state index is 13.7. The Morgan fingerprint density at radius 1 is 1.19 bits per heavy atom. The van der Waals surface area contributed by atoms with Gasteiger partial charge in [0, 0.05) is 23.1 Å². The minimum Gasteiger partial charge on any atom is -0.492 e. The number of pyridine rings is 1. The Bertz CT molecular complexity index is 1490. The van der Waals surface area contributed by atoms with E-state index in [1.807, 2.05) is 19.9 Å². The van der Waals surface area contributed by atoms with Crippen molar-refractivity contribution in [2.45, 2.75) is 70.6 Å². The van der Waals surface area contributed by atoms with E-state index < -0.39 is 17.6 Å². The lowest BCUT2D eigenvalue weighted by atomic mass is 9.48. The molecule has 0 unspecified atom stereocenters. The van der Waals surface area contributed by atoms with Crippen LogP contribution in [0.4, 0.5) is 13.2 Å². The highest BCUT2D eigenvalue weighted by Gasteiger charge is 2.52. The zero-order valence-electron chi connectivity index (χ0n) is 23.6. The lowest BCUT2D eigenvalue weighted by molar-refractivity contribution is -0.137. The number of benzene rings is 1. The minimum absolute atomic E-state index is 0.0505. The smallest absolute Gasteiger partial charge is 0.417 e. The van der Waals surface area contributed by atoms with Gasteiger partial charge in [0.15, 0.2) is 11.4 Å². The number of hydrogen-bond donors (Lipinski definition) is 1. The molecule has 42 heavy (non-hydrogen) atoms. The second kappa shape index (κ2) is 10.8. The van der Waals surface area contributed by atoms with Crippen LogP contribution in [0, 0.1) is 17.3 Å². The van der Waals surface area contributed by atoms with Crippen LogP contribution in [0.5, 0.6) is 11.5 Å². The van der Waals surface area contributed by atoms with Crippen molar-refractivity contribution in [3.05, 3.63) is 65.2 Å². The van der Waals surface area contributed by atoms with Gasteiger partial charge in [-0.15, -0.1) is 0 Å². The highest BCUT2D eigenvalue weighted by Crippen LogP contribution is 2.61. The van der Waals surface area contributed by atoms with Crippen LogP contribution in [0.2, 0.25) is 0 Å². The van der Waals surface area contributed by atoms with Gasteiger partial charge in [-0.25, -0.2) is 4.98 Å². The Hall–Kier alpha value is -3.82. The first-order chi connectivity index (χ1) is 20.0. The molecule has 1 aromatic carbocycles. The van der Waals surface area contributed by atoms with Crippen LogP contribution in [-0.2, 0) is 6.18 Å². The number of carbonyl (C=O) groups is 1. The summed E-state index contributed by atoms with van der Waals surface area (Å²) in [5.74, 6) is 1.89. The number of halogens is 3. The predicted molar refractivity (Wildman–Crippen MR) is 150 cm³/mol. The number of alkyl halides is 3. The van der Waals surface area contributed by atoms with Crippen molar-refractivity contribution in [2.24, 2.45) is 23.0 Å². The number of amides is 1. The second-order valence-electron chi connectivity index (χ2n) is 12.3. The molecule has 7 nitrogen and oxygen atoms in total. The van der Waals surface area contributed by atoms with Gasteiger partial charge in [0.2, 0.25) is 0 Å². The van der Waals surface area contributed by atoms with Crippen molar-refractivity contribution in [3.63, 3.8) is 0 Å². The molecule has 2 heterocycles. The van der Waals surface area contributed by atoms with Crippen LogP contribution >= 0.6 is 0 Å². The monoisotopic (exact) mass is 581 g/mol. The fourth-order valence-electron chi connectivity index (χ4n) is 6.53. The topological polar surface area (TPSA) is 100 Å². The van der Waals surface area contributed by atoms with Crippen molar-refractivity contribution in [2.75, 3.05) is 6.61 Å². The third-order valence-corrected chi connectivity index (χ3v) is 8.47. The van der Waals surface area contributed by atoms with Crippen LogP contribution < -0.4 is 15.2 Å². The molecule has 2 N–H and O–H groups in total. The Morgan fingerprint density at radius 3 is 2.60 bits per heavy atom. The van der Waals surface area contributed by atoms with Gasteiger partial charge in [-0.3, -0.25) is 4.79 Å². The Labute approximate surface area is 242 Å². The van der Waals surface area contributed by atoms with E-state index in [-0.39, 0.29) is 29.0 Å². The maximum atomic E-state index is 13.7. The number of nitrogens with two attached hydrogens (primary N) is 1. The molecule has 0 aliphatic heterocycles. The lowest BCUT2D eigenvalue weighted by Gasteiger charge is -2.57. The summed E-state index contributed by atoms with van der Waals surface area (Å²) in [6.45, 7) is 4.27. The van der Waals surface area contributed by atoms with Gasteiger partial charge in [0.05, 0.1) is 24.5 Å². The highest BCUT2D eigenvalue weighted by atomic mass is 19.4. The molecular weight excluding hydrogens is 547 g/mol. The zero-order chi connectivity index (χ0) is 29.6. The molecule has 1 spiro atoms. The molecule has 10 heteroatoms. The number of aromatic nitrogens is 2. The third kappa shape index (κ3) is 5.76. The largest absolute Gasteiger partial charge is 0.492 e. The first kappa shape index (κ1) is 28.3. The van der Waals surface area contributed by atoms with Gasteiger partial charge >= 0.3 is 6.18 Å². The summed E-state index contributed by atoms with van der Waals surface area (Å²) in [7, 11) is 0. The molecule has 0 bridgehead atoms. The Morgan fingerprint density at radius 2 is 1.93 bits per heavy atom. The molecule has 0 saturated heterocycles. The standard InChI is InChI=1S/C32H34F3N3O4/c1-18(2)41-26-11-22(16-37-28(26)30(36)39)40-17-20-14-31(15-20)12-19(13-31)7-10-24-27(38-42-29(24)21-8-9-21)23-5-3-4-6-25(23)32(33,34)35/h3-7,10-11,16,18-21H,8-9,12-15,17H2,1-2H3,(H2,36,39)/b10-7+. The summed E-state index contributed by atoms with van der Waals surface area (Å²) in [6, 6.07) is 7.20. The van der Waals surface area contributed by atoms with Crippen molar-refractivity contribution in [3.8, 4) is 22.8 Å². The first-order valence-corrected chi connectivity index (χ1v) is 14.4. The number of allylic oxidation sites excluding steroid dienone is 1. The fourth-order valence-corrected chi connectivity index (χ4v) is 6.53. The number of hydrogen-bond acceptors (Lipinski definition) is 6. The Balaban J connectivity index is 1.06. The summed E-state index contributed by atoms with van der Waals surface area (Å²) in [5.41, 5.74) is 6.06. The summed E-state index contributed by atoms with van der Waals surface area (Å²) in [4.78, 5) is 15.8. The van der Waals surface area contributed by atoms with Crippen molar-refractivity contribution in [1.29, 1.82) is 0 Å². The molecule has 3 saturated carbocycles. The van der Waals surface area contributed by atoms with Crippen LogP contribution in [0.25, 0.3) is 17.3 Å². The number of carbonyl (C=O) groups excluding carboxylic acids is 1. The molecule has 3 aliphatic rings. The molecule has 1 amide bonds. The van der Waals surface area contributed by atoms with Gasteiger partial charge < -0.3 is 19.7 Å². The molecule has 6 rings (SSSR count). The van der Waals surface area contributed by atoms with Crippen LogP contribution in [0.15, 0.2) is 47.1 Å². The van der Waals surface area contributed by atoms with Crippen molar-refractivity contribution >= 4 is 12.0 Å². The minimum atomic E-state index is -4.48. The summed E-state index contributed by atoms with van der Waals surface area (Å²) < 4.78 is 58.5. The van der Waals surface area contributed by atoms with E-state index in [4.69, 9.17) is 19.7 Å². The van der Waals surface area contributed by atoms with E-state index in [0.29, 0.717) is 46.7 Å². The van der Waals surface area contributed by atoms with Crippen LogP contribution in [-0.4, -0.2) is 28.8 Å². The van der Waals surface area contributed by atoms with E-state index in [1.165, 1.54) is 18.3 Å². The average Bonchev–Trinajstić information content (AvgIpc) is 3.64. The van der Waals surface area contributed by atoms with Gasteiger partial charge in [-0.05, 0) is 75.7 Å². The SMILES string of the molecule is CC(C)Oc1cc(OCC2CC3(CC(/C=C/c4c(-c5ccccc5C(F)(F)F)noc4C4CC4)C3)C2)cnc1C(N)=O. The summed E-state index contributed by atoms with van der Waals surface area (Å²) in [6.07, 6.45) is 7.06. The maximum Gasteiger partial charge on any atom is 0.417 e. The van der Waals surface area contributed by atoms with Gasteiger partial charge in [0.25, 0.3) is 5.91 Å². The highest BCUT2D eigenvalue weighted by molar-refractivity contribution is 5.93. The summed E-state index contributed by atoms with van der Waals surface area (Å²) >= 11 is 0. The van der Waals surface area contributed by atoms with Gasteiger partial charge in [-0.1, -0.05) is 35.5 Å². The number of rotatable bonds is 10. The summed E-state index contributed by atoms with van der Waals surface area (Å²) in [5, 5.41) is 4.11. The van der Waals surface area contributed by atoms with Gasteiger partial charge in [0.1, 0.15) is 17.2 Å². The second-order valence-corrected chi connectivity index (χ2v) is 12.3. The number of primary amides is 1. The van der Waals surface area contributed by atoms with E-state index in [0.717, 1.165) is 44.6 Å². The third-order valence-electron chi connectivity index (χ3n) is 8.47. The lowest BCUT2D eigenvalue weighted by Crippen LogP contribution is -2.48. The zero-order valence-corrected chi connectivity index (χ0v) is 23.6. The van der Waals surface area contributed by atoms with E-state index in [9.17, 15) is 18.0 Å². The predicted octanol–water partition coefficient (Wildman–Crippen LogP) is 7.42. The van der Waals surface area contributed by atoms with Gasteiger partial charge in [-0.2, -0.15) is 13.2 Å². The quantitative estimate of drug-likeness (QED) is 0.268. The Kier molecular flexibility index (Phi) is 7.27. The van der Waals surface area contributed by atoms with E-state index in [2.05, 4.69) is 16.2 Å². The first-order valence-electron chi connectivity index (χ1n) is 14.4. The van der Waals surface area contributed by atoms with E-state index >= 15 is 0 Å². The number of ether oxygens (including phenoxy) is 2.